The molecule has 2 aromatic carbocycles. The summed E-state index contributed by atoms with van der Waals surface area (Å²) in [6, 6.07) is 9.60. The van der Waals surface area contributed by atoms with Crippen LogP contribution in [0.1, 0.15) is 49.5 Å². The van der Waals surface area contributed by atoms with Crippen LogP contribution in [0.15, 0.2) is 40.9 Å². The summed E-state index contributed by atoms with van der Waals surface area (Å²) in [5.74, 6) is 1.35. The molecule has 160 valence electrons. The van der Waals surface area contributed by atoms with Crippen LogP contribution in [0.2, 0.25) is 0 Å². The van der Waals surface area contributed by atoms with Crippen molar-refractivity contribution in [1.82, 2.24) is 10.1 Å². The Hall–Kier alpha value is -2.64. The van der Waals surface area contributed by atoms with Crippen LogP contribution < -0.4 is 4.74 Å². The summed E-state index contributed by atoms with van der Waals surface area (Å²) in [7, 11) is 0. The smallest absolute Gasteiger partial charge is 0.160 e. The normalized spacial score (nSPS) is 16.8. The lowest BCUT2D eigenvalue weighted by Gasteiger charge is -2.30. The molecule has 7 heteroatoms. The van der Waals surface area contributed by atoms with Crippen LogP contribution in [0.5, 0.6) is 11.5 Å². The van der Waals surface area contributed by atoms with Crippen LogP contribution in [0.4, 0.5) is 4.39 Å². The van der Waals surface area contributed by atoms with Gasteiger partial charge in [0.05, 0.1) is 12.7 Å². The highest BCUT2D eigenvalue weighted by Gasteiger charge is 2.25. The van der Waals surface area contributed by atoms with Crippen LogP contribution in [0, 0.1) is 5.82 Å². The summed E-state index contributed by atoms with van der Waals surface area (Å²) >= 11 is 0. The summed E-state index contributed by atoms with van der Waals surface area (Å²) < 4.78 is 24.6. The van der Waals surface area contributed by atoms with Crippen molar-refractivity contribution >= 4 is 10.9 Å². The molecule has 1 saturated heterocycles. The fourth-order valence-electron chi connectivity index (χ4n) is 4.04. The maximum Gasteiger partial charge on any atom is 0.160 e. The molecule has 0 bridgehead atoms. The molecule has 1 fully saturated rings. The van der Waals surface area contributed by atoms with Crippen molar-refractivity contribution in [2.45, 2.75) is 38.2 Å². The zero-order valence-electron chi connectivity index (χ0n) is 17.1. The van der Waals surface area contributed by atoms with Gasteiger partial charge in [-0.2, -0.15) is 0 Å². The maximum atomic E-state index is 13.3. The molecule has 0 radical (unpaired) electrons. The van der Waals surface area contributed by atoms with E-state index in [1.807, 2.05) is 0 Å². The number of benzene rings is 2. The number of ether oxygens (including phenoxy) is 1. The van der Waals surface area contributed by atoms with Crippen LogP contribution in [-0.2, 0) is 0 Å². The molecular weight excluding hydrogens is 387 g/mol. The quantitative estimate of drug-likeness (QED) is 0.559. The van der Waals surface area contributed by atoms with Crippen molar-refractivity contribution < 1.29 is 23.9 Å². The molecule has 0 aliphatic carbocycles. The molecule has 3 aromatic rings. The van der Waals surface area contributed by atoms with E-state index in [1.165, 1.54) is 18.2 Å². The van der Waals surface area contributed by atoms with E-state index < -0.39 is 6.10 Å². The average molecular weight is 414 g/mol. The van der Waals surface area contributed by atoms with Gasteiger partial charge in [0.25, 0.3) is 0 Å². The molecule has 2 heterocycles. The summed E-state index contributed by atoms with van der Waals surface area (Å²) in [5.41, 5.74) is 1.24. The highest BCUT2D eigenvalue weighted by Crippen LogP contribution is 2.33. The number of aliphatic hydroxyl groups excluding tert-OH is 1. The van der Waals surface area contributed by atoms with Gasteiger partial charge in [0.15, 0.2) is 11.5 Å². The van der Waals surface area contributed by atoms with Crippen molar-refractivity contribution in [2.24, 2.45) is 0 Å². The number of piperidine rings is 1. The number of aromatic nitrogens is 1. The van der Waals surface area contributed by atoms with Gasteiger partial charge < -0.3 is 24.4 Å². The van der Waals surface area contributed by atoms with Gasteiger partial charge in [-0.15, -0.1) is 0 Å². The molecule has 1 aliphatic rings. The zero-order valence-corrected chi connectivity index (χ0v) is 17.1. The van der Waals surface area contributed by atoms with E-state index in [0.717, 1.165) is 50.0 Å². The van der Waals surface area contributed by atoms with E-state index in [-0.39, 0.29) is 11.6 Å². The standard InChI is InChI=1S/C23H27FN2O4/c1-15(27)17-3-6-22(21(28)13-17)29-12-2-9-26-10-7-16(8-11-26)23-19-5-4-18(24)14-20(19)25-30-23/h3-6,13-16,27-28H,2,7-12H2,1H3. The van der Waals surface area contributed by atoms with E-state index in [2.05, 4.69) is 10.1 Å². The Morgan fingerprint density at radius 2 is 2.03 bits per heavy atom. The molecule has 1 aliphatic heterocycles. The Bertz CT molecular complexity index is 996. The number of nitrogens with zero attached hydrogens (tertiary/aromatic N) is 2. The molecule has 2 N–H and O–H groups in total. The zero-order chi connectivity index (χ0) is 21.1. The minimum Gasteiger partial charge on any atom is -0.504 e. The topological polar surface area (TPSA) is 79.0 Å². The number of hydrogen-bond donors (Lipinski definition) is 2. The van der Waals surface area contributed by atoms with Gasteiger partial charge in [0.1, 0.15) is 17.1 Å². The van der Waals surface area contributed by atoms with Crippen molar-refractivity contribution in [3.8, 4) is 11.5 Å². The first kappa shape index (κ1) is 20.6. The van der Waals surface area contributed by atoms with Crippen LogP contribution in [0.25, 0.3) is 10.9 Å². The van der Waals surface area contributed by atoms with Crippen LogP contribution >= 0.6 is 0 Å². The molecule has 0 spiro atoms. The highest BCUT2D eigenvalue weighted by molar-refractivity contribution is 5.80. The van der Waals surface area contributed by atoms with Gasteiger partial charge in [0.2, 0.25) is 0 Å². The third-order valence-electron chi connectivity index (χ3n) is 5.77. The van der Waals surface area contributed by atoms with E-state index in [1.54, 1.807) is 25.1 Å². The molecule has 1 atom stereocenters. The Balaban J connectivity index is 1.23. The Morgan fingerprint density at radius 3 is 2.77 bits per heavy atom. The number of likely N-dealkylation sites (tertiary alicyclic amines) is 1. The van der Waals surface area contributed by atoms with Crippen molar-refractivity contribution in [3.05, 3.63) is 53.5 Å². The second-order valence-electron chi connectivity index (χ2n) is 7.93. The molecule has 4 rings (SSSR count). The fourth-order valence-corrected chi connectivity index (χ4v) is 4.04. The largest absolute Gasteiger partial charge is 0.504 e. The minimum atomic E-state index is -0.621. The van der Waals surface area contributed by atoms with Crippen LogP contribution in [-0.4, -0.2) is 46.5 Å². The summed E-state index contributed by atoms with van der Waals surface area (Å²) in [6.07, 6.45) is 2.19. The minimum absolute atomic E-state index is 0.0494. The van der Waals surface area contributed by atoms with Crippen molar-refractivity contribution in [3.63, 3.8) is 0 Å². The molecule has 6 nitrogen and oxygen atoms in total. The summed E-state index contributed by atoms with van der Waals surface area (Å²) in [6.45, 7) is 5.01. The van der Waals surface area contributed by atoms with E-state index in [4.69, 9.17) is 9.26 Å². The number of hydrogen-bond acceptors (Lipinski definition) is 6. The summed E-state index contributed by atoms with van der Waals surface area (Å²) in [5, 5.41) is 24.5. The van der Waals surface area contributed by atoms with Crippen molar-refractivity contribution in [1.29, 1.82) is 0 Å². The predicted molar refractivity (Wildman–Crippen MR) is 111 cm³/mol. The van der Waals surface area contributed by atoms with Gasteiger partial charge >= 0.3 is 0 Å². The first-order valence-electron chi connectivity index (χ1n) is 10.4. The van der Waals surface area contributed by atoms with E-state index >= 15 is 0 Å². The Morgan fingerprint density at radius 1 is 1.23 bits per heavy atom. The number of fused-ring (bicyclic) bond motifs is 1. The molecule has 0 amide bonds. The molecule has 0 saturated carbocycles. The highest BCUT2D eigenvalue weighted by atomic mass is 19.1. The number of aliphatic hydroxyl groups is 1. The number of aromatic hydroxyl groups is 1. The fraction of sp³-hybridized carbons (Fsp3) is 0.435. The monoisotopic (exact) mass is 414 g/mol. The summed E-state index contributed by atoms with van der Waals surface area (Å²) in [4.78, 5) is 2.40. The van der Waals surface area contributed by atoms with Crippen molar-refractivity contribution in [2.75, 3.05) is 26.2 Å². The lowest BCUT2D eigenvalue weighted by molar-refractivity contribution is 0.181. The molecule has 30 heavy (non-hydrogen) atoms. The Kier molecular flexibility index (Phi) is 6.20. The van der Waals surface area contributed by atoms with E-state index in [0.29, 0.717) is 29.4 Å². The number of phenolic OH excluding ortho intramolecular Hbond substituents is 1. The number of rotatable bonds is 7. The van der Waals surface area contributed by atoms with E-state index in [9.17, 15) is 14.6 Å². The second-order valence-corrected chi connectivity index (χ2v) is 7.93. The predicted octanol–water partition coefficient (Wildman–Crippen LogP) is 4.37. The molecule has 1 unspecified atom stereocenters. The second kappa shape index (κ2) is 9.02. The average Bonchev–Trinajstić information content (AvgIpc) is 3.15. The van der Waals surface area contributed by atoms with Gasteiger partial charge in [0, 0.05) is 23.9 Å². The van der Waals surface area contributed by atoms with Gasteiger partial charge in [-0.3, -0.25) is 0 Å². The third kappa shape index (κ3) is 4.57. The van der Waals surface area contributed by atoms with Gasteiger partial charge in [-0.25, -0.2) is 4.39 Å². The lowest BCUT2D eigenvalue weighted by Crippen LogP contribution is -2.34. The first-order valence-corrected chi connectivity index (χ1v) is 10.4. The first-order chi connectivity index (χ1) is 14.5. The SMILES string of the molecule is CC(O)c1ccc(OCCCN2CCC(c3onc4cc(F)ccc34)CC2)c(O)c1. The third-order valence-corrected chi connectivity index (χ3v) is 5.77. The lowest BCUT2D eigenvalue weighted by atomic mass is 9.92. The number of phenols is 1. The van der Waals surface area contributed by atoms with Crippen LogP contribution in [0.3, 0.4) is 0 Å². The number of halogens is 1. The van der Waals surface area contributed by atoms with Gasteiger partial charge in [-0.1, -0.05) is 11.2 Å². The maximum absolute atomic E-state index is 13.3. The van der Waals surface area contributed by atoms with Gasteiger partial charge in [-0.05, 0) is 69.1 Å². The molecular formula is C23H27FN2O4. The molecule has 1 aromatic heterocycles. The Labute approximate surface area is 174 Å².